The minimum absolute atomic E-state index is 0.0730. The lowest BCUT2D eigenvalue weighted by molar-refractivity contribution is 0.00514. The van der Waals surface area contributed by atoms with Crippen LogP contribution in [0.5, 0.6) is 5.75 Å². The Morgan fingerprint density at radius 2 is 1.80 bits per heavy atom. The van der Waals surface area contributed by atoms with Gasteiger partial charge in [0.1, 0.15) is 11.5 Å². The summed E-state index contributed by atoms with van der Waals surface area (Å²) in [6.45, 7) is 0.832. The molecule has 4 heteroatoms. The molecule has 2 aromatic rings. The maximum atomic E-state index is 13.3. The smallest absolute Gasteiger partial charge is 0.343 e. The summed E-state index contributed by atoms with van der Waals surface area (Å²) in [6.07, 6.45) is 10.6. The van der Waals surface area contributed by atoms with E-state index < -0.39 is 0 Å². The van der Waals surface area contributed by atoms with Crippen molar-refractivity contribution in [2.75, 3.05) is 6.61 Å². The first kappa shape index (κ1) is 19.9. The molecule has 0 radical (unpaired) electrons. The van der Waals surface area contributed by atoms with Crippen LogP contribution in [0.2, 0.25) is 0 Å². The third kappa shape index (κ3) is 3.94. The van der Waals surface area contributed by atoms with Crippen LogP contribution < -0.4 is 5.63 Å². The number of fused-ring (bicyclic) bond motifs is 1. The summed E-state index contributed by atoms with van der Waals surface area (Å²) >= 11 is 0. The molecule has 0 bridgehead atoms. The average Bonchev–Trinajstić information content (AvgIpc) is 3.61. The van der Waals surface area contributed by atoms with Crippen molar-refractivity contribution < 1.29 is 14.3 Å². The molecule has 3 unspecified atom stereocenters. The molecule has 0 amide bonds. The molecule has 2 fully saturated rings. The van der Waals surface area contributed by atoms with Gasteiger partial charge in [-0.25, -0.2) is 4.79 Å². The van der Waals surface area contributed by atoms with E-state index in [0.29, 0.717) is 11.5 Å². The van der Waals surface area contributed by atoms with Gasteiger partial charge in [0, 0.05) is 24.0 Å². The number of ether oxygens (including phenoxy) is 1. The van der Waals surface area contributed by atoms with Crippen LogP contribution in [0.3, 0.4) is 0 Å². The molecular formula is C26H32O4. The van der Waals surface area contributed by atoms with Crippen LogP contribution in [0, 0.1) is 5.92 Å². The molecule has 0 spiro atoms. The molecule has 1 aliphatic heterocycles. The van der Waals surface area contributed by atoms with Crippen molar-refractivity contribution >= 4 is 0 Å². The van der Waals surface area contributed by atoms with Crippen LogP contribution in [0.4, 0.5) is 0 Å². The normalized spacial score (nSPS) is 25.3. The van der Waals surface area contributed by atoms with E-state index >= 15 is 0 Å². The molecular weight excluding hydrogens is 376 g/mol. The topological polar surface area (TPSA) is 59.7 Å². The molecule has 160 valence electrons. The van der Waals surface area contributed by atoms with E-state index in [1.165, 1.54) is 6.42 Å². The van der Waals surface area contributed by atoms with Crippen LogP contribution in [0.25, 0.3) is 0 Å². The summed E-state index contributed by atoms with van der Waals surface area (Å²) in [5, 5.41) is 11.4. The summed E-state index contributed by atoms with van der Waals surface area (Å²) in [5.41, 5.74) is 2.12. The highest BCUT2D eigenvalue weighted by atomic mass is 16.5. The van der Waals surface area contributed by atoms with Gasteiger partial charge in [-0.2, -0.15) is 0 Å². The molecule has 1 aromatic heterocycles. The maximum Gasteiger partial charge on any atom is 0.343 e. The van der Waals surface area contributed by atoms with Crippen molar-refractivity contribution in [3.63, 3.8) is 0 Å². The van der Waals surface area contributed by atoms with Gasteiger partial charge in [-0.1, -0.05) is 36.8 Å². The number of hydrogen-bond acceptors (Lipinski definition) is 4. The molecule has 2 aliphatic carbocycles. The fourth-order valence-electron chi connectivity index (χ4n) is 5.56. The molecule has 2 heterocycles. The summed E-state index contributed by atoms with van der Waals surface area (Å²) in [4.78, 5) is 13.3. The van der Waals surface area contributed by atoms with Gasteiger partial charge in [-0.15, -0.1) is 0 Å². The molecule has 30 heavy (non-hydrogen) atoms. The number of aromatic hydroxyl groups is 1. The highest BCUT2D eigenvalue weighted by molar-refractivity contribution is 5.47. The minimum Gasteiger partial charge on any atom is -0.507 e. The Morgan fingerprint density at radius 1 is 1.00 bits per heavy atom. The van der Waals surface area contributed by atoms with E-state index in [1.54, 1.807) is 0 Å². The Kier molecular flexibility index (Phi) is 5.68. The molecule has 1 aromatic carbocycles. The molecule has 5 rings (SSSR count). The van der Waals surface area contributed by atoms with Gasteiger partial charge < -0.3 is 14.3 Å². The van der Waals surface area contributed by atoms with Crippen molar-refractivity contribution in [1.82, 2.24) is 0 Å². The highest BCUT2D eigenvalue weighted by Gasteiger charge is 2.39. The third-order valence-electron chi connectivity index (χ3n) is 7.25. The zero-order valence-electron chi connectivity index (χ0n) is 17.6. The predicted molar refractivity (Wildman–Crippen MR) is 116 cm³/mol. The molecule has 4 nitrogen and oxygen atoms in total. The van der Waals surface area contributed by atoms with Crippen LogP contribution in [-0.4, -0.2) is 17.8 Å². The average molecular weight is 409 g/mol. The summed E-state index contributed by atoms with van der Waals surface area (Å²) in [6, 6.07) is 10.1. The number of rotatable bonds is 5. The SMILES string of the molecule is O=c1oc2c(c(O)c1C(c1ccccc1)C1CC1)CCCCC2CC1CCCCO1. The minimum atomic E-state index is -0.344. The fraction of sp³-hybridized carbons (Fsp3) is 0.577. The van der Waals surface area contributed by atoms with E-state index in [1.807, 2.05) is 18.2 Å². The fourth-order valence-corrected chi connectivity index (χ4v) is 5.56. The van der Waals surface area contributed by atoms with E-state index in [9.17, 15) is 9.90 Å². The lowest BCUT2D eigenvalue weighted by atomic mass is 9.85. The largest absolute Gasteiger partial charge is 0.507 e. The molecule has 3 atom stereocenters. The Morgan fingerprint density at radius 3 is 2.53 bits per heavy atom. The molecule has 1 N–H and O–H groups in total. The Hall–Kier alpha value is -2.07. The lowest BCUT2D eigenvalue weighted by Crippen LogP contribution is -2.23. The van der Waals surface area contributed by atoms with E-state index in [4.69, 9.17) is 9.15 Å². The van der Waals surface area contributed by atoms with E-state index in [-0.39, 0.29) is 29.3 Å². The quantitative estimate of drug-likeness (QED) is 0.649. The Bertz CT molecular complexity index is 922. The summed E-state index contributed by atoms with van der Waals surface area (Å²) in [7, 11) is 0. The zero-order chi connectivity index (χ0) is 20.5. The number of benzene rings is 1. The van der Waals surface area contributed by atoms with E-state index in [2.05, 4.69) is 12.1 Å². The van der Waals surface area contributed by atoms with Crippen molar-refractivity contribution in [1.29, 1.82) is 0 Å². The first-order valence-electron chi connectivity index (χ1n) is 11.8. The van der Waals surface area contributed by atoms with Gasteiger partial charge in [0.25, 0.3) is 0 Å². The van der Waals surface area contributed by atoms with Crippen LogP contribution in [0.1, 0.15) is 92.1 Å². The lowest BCUT2D eigenvalue weighted by Gasteiger charge is -2.27. The standard InChI is InChI=1S/C26H32O4/c27-24-21-12-5-4-10-19(16-20-11-6-7-15-29-20)25(21)30-26(28)23(24)22(18-13-14-18)17-8-2-1-3-9-17/h1-3,8-9,18-20,22,27H,4-7,10-16H2. The first-order chi connectivity index (χ1) is 14.7. The Labute approximate surface area is 178 Å². The van der Waals surface area contributed by atoms with Crippen molar-refractivity contribution in [3.05, 3.63) is 63.2 Å². The van der Waals surface area contributed by atoms with Crippen LogP contribution >= 0.6 is 0 Å². The summed E-state index contributed by atoms with van der Waals surface area (Å²) in [5.74, 6) is 1.44. The van der Waals surface area contributed by atoms with Gasteiger partial charge in [0.05, 0.1) is 11.7 Å². The molecule has 1 saturated heterocycles. The van der Waals surface area contributed by atoms with Gasteiger partial charge in [-0.05, 0) is 69.3 Å². The van der Waals surface area contributed by atoms with Crippen molar-refractivity contribution in [3.8, 4) is 5.75 Å². The Balaban J connectivity index is 1.54. The second-order valence-corrected chi connectivity index (χ2v) is 9.39. The monoisotopic (exact) mass is 408 g/mol. The zero-order valence-corrected chi connectivity index (χ0v) is 17.6. The third-order valence-corrected chi connectivity index (χ3v) is 7.25. The van der Waals surface area contributed by atoms with Gasteiger partial charge in [0.15, 0.2) is 0 Å². The van der Waals surface area contributed by atoms with Gasteiger partial charge in [0.2, 0.25) is 0 Å². The second kappa shape index (κ2) is 8.58. The predicted octanol–water partition coefficient (Wildman–Crippen LogP) is 5.66. The molecule has 1 saturated carbocycles. The van der Waals surface area contributed by atoms with Crippen LogP contribution in [-0.2, 0) is 11.2 Å². The molecule has 3 aliphatic rings. The van der Waals surface area contributed by atoms with Gasteiger partial charge >= 0.3 is 5.63 Å². The second-order valence-electron chi connectivity index (χ2n) is 9.39. The first-order valence-corrected chi connectivity index (χ1v) is 11.8. The number of hydrogen-bond donors (Lipinski definition) is 1. The van der Waals surface area contributed by atoms with Crippen molar-refractivity contribution in [2.45, 2.75) is 82.1 Å². The van der Waals surface area contributed by atoms with Gasteiger partial charge in [-0.3, -0.25) is 0 Å². The highest BCUT2D eigenvalue weighted by Crippen LogP contribution is 2.49. The van der Waals surface area contributed by atoms with Crippen LogP contribution in [0.15, 0.2) is 39.5 Å². The van der Waals surface area contributed by atoms with E-state index in [0.717, 1.165) is 81.3 Å². The maximum absolute atomic E-state index is 13.3. The van der Waals surface area contributed by atoms with Crippen molar-refractivity contribution in [2.24, 2.45) is 5.92 Å². The summed E-state index contributed by atoms with van der Waals surface area (Å²) < 4.78 is 12.0.